The smallest absolute Gasteiger partial charge is 0.142 e. The van der Waals surface area contributed by atoms with Gasteiger partial charge in [-0.25, -0.2) is 0 Å². The summed E-state index contributed by atoms with van der Waals surface area (Å²) in [5.41, 5.74) is 9.60. The Bertz CT molecular complexity index is 2060. The number of aliphatic hydroxyl groups is 1. The van der Waals surface area contributed by atoms with Gasteiger partial charge in [-0.05, 0) is 92.7 Å². The van der Waals surface area contributed by atoms with Gasteiger partial charge in [-0.3, -0.25) is 15.0 Å². The lowest BCUT2D eigenvalue weighted by Crippen LogP contribution is -2.24. The third-order valence-electron chi connectivity index (χ3n) is 9.60. The first-order valence-corrected chi connectivity index (χ1v) is 18.4. The highest BCUT2D eigenvalue weighted by Crippen LogP contribution is 2.37. The van der Waals surface area contributed by atoms with E-state index in [1.165, 1.54) is 6.20 Å². The molecular formula is C42H47ClN6O4. The number of likely N-dealkylation sites (tertiary alicyclic amines) is 1. The highest BCUT2D eigenvalue weighted by Gasteiger charge is 2.20. The number of nitrogens with one attached hydrogen (secondary N) is 1. The number of nitriles is 1. The number of aryl methyl sites for hydroxylation is 1. The number of β-amino-alcohol motifs (C(OH)–C–C–N with tert-alkyl or cyclic N) is 1. The van der Waals surface area contributed by atoms with Crippen molar-refractivity contribution in [1.82, 2.24) is 25.0 Å². The van der Waals surface area contributed by atoms with Gasteiger partial charge >= 0.3 is 0 Å². The van der Waals surface area contributed by atoms with Crippen molar-refractivity contribution in [3.8, 4) is 34.4 Å². The molecule has 10 nitrogen and oxygen atoms in total. The summed E-state index contributed by atoms with van der Waals surface area (Å²) < 4.78 is 19.0. The van der Waals surface area contributed by atoms with Gasteiger partial charge in [0, 0.05) is 68.0 Å². The summed E-state index contributed by atoms with van der Waals surface area (Å²) in [6, 6.07) is 22.1. The standard InChI is InChI=1S/C42H47ClN6O4/c1-28-16-35(47-46-28)24-48(4)23-34-18-39(43)42(19-41(34)52-26-32-17-31(20-44)21-45-22-32)53-27-33-8-5-9-37(29(33)2)38-10-6-11-40(30(38)3)51-15-7-13-49-14-12-36(50)25-49/h5-6,8-11,16-19,21-22,36,50H,7,12-15,23-27H2,1-4H3,(H,46,47)/t36-/m1/s1. The van der Waals surface area contributed by atoms with E-state index in [4.69, 9.17) is 25.8 Å². The van der Waals surface area contributed by atoms with Gasteiger partial charge in [0.1, 0.15) is 36.5 Å². The van der Waals surface area contributed by atoms with Crippen molar-refractivity contribution in [2.75, 3.05) is 33.3 Å². The molecule has 1 fully saturated rings. The lowest BCUT2D eigenvalue weighted by molar-refractivity contribution is 0.173. The number of halogens is 1. The number of rotatable bonds is 16. The Balaban J connectivity index is 1.17. The zero-order valence-corrected chi connectivity index (χ0v) is 31.6. The number of hydrogen-bond donors (Lipinski definition) is 2. The second-order valence-electron chi connectivity index (χ2n) is 13.8. The molecule has 2 aromatic heterocycles. The number of pyridine rings is 1. The van der Waals surface area contributed by atoms with Crippen LogP contribution in [0.1, 0.15) is 57.6 Å². The molecule has 276 valence electrons. The first-order valence-electron chi connectivity index (χ1n) is 18.0. The van der Waals surface area contributed by atoms with Crippen LogP contribution in [0.4, 0.5) is 0 Å². The van der Waals surface area contributed by atoms with E-state index in [-0.39, 0.29) is 12.7 Å². The molecule has 3 heterocycles. The van der Waals surface area contributed by atoms with E-state index in [2.05, 4.69) is 69.2 Å². The van der Waals surface area contributed by atoms with Crippen molar-refractivity contribution in [3.63, 3.8) is 0 Å². The number of H-pyrrole nitrogens is 1. The van der Waals surface area contributed by atoms with E-state index >= 15 is 0 Å². The van der Waals surface area contributed by atoms with Crippen molar-refractivity contribution in [2.45, 2.75) is 66.0 Å². The fourth-order valence-corrected chi connectivity index (χ4v) is 7.00. The SMILES string of the molecule is Cc1cc(CN(C)Cc2cc(Cl)c(OCc3cccc(-c4cccc(OCCCN5CC[C@@H](O)C5)c4C)c3C)cc2OCc2cncc(C#N)c2)[nH]n1. The number of nitrogens with zero attached hydrogens (tertiary/aromatic N) is 5. The van der Waals surface area contributed by atoms with Crippen molar-refractivity contribution in [3.05, 3.63) is 123 Å². The topological polar surface area (TPSA) is 120 Å². The third-order valence-corrected chi connectivity index (χ3v) is 9.90. The number of aromatic nitrogens is 3. The molecule has 0 aliphatic carbocycles. The van der Waals surface area contributed by atoms with Crippen molar-refractivity contribution in [1.29, 1.82) is 5.26 Å². The summed E-state index contributed by atoms with van der Waals surface area (Å²) in [7, 11) is 2.03. The van der Waals surface area contributed by atoms with Gasteiger partial charge in [-0.2, -0.15) is 10.4 Å². The summed E-state index contributed by atoms with van der Waals surface area (Å²) in [5, 5.41) is 27.0. The van der Waals surface area contributed by atoms with Gasteiger partial charge in [-0.1, -0.05) is 41.9 Å². The van der Waals surface area contributed by atoms with Crippen LogP contribution < -0.4 is 14.2 Å². The van der Waals surface area contributed by atoms with Crippen LogP contribution in [0.3, 0.4) is 0 Å². The molecule has 1 aliphatic rings. The molecular weight excluding hydrogens is 688 g/mol. The van der Waals surface area contributed by atoms with Crippen molar-refractivity contribution in [2.24, 2.45) is 0 Å². The minimum Gasteiger partial charge on any atom is -0.493 e. The summed E-state index contributed by atoms with van der Waals surface area (Å²) in [5.74, 6) is 2.03. The molecule has 3 aromatic carbocycles. The molecule has 0 spiro atoms. The number of aliphatic hydroxyl groups excluding tert-OH is 1. The Morgan fingerprint density at radius 1 is 0.925 bits per heavy atom. The summed E-state index contributed by atoms with van der Waals surface area (Å²) in [4.78, 5) is 8.63. The van der Waals surface area contributed by atoms with E-state index in [0.29, 0.717) is 48.4 Å². The van der Waals surface area contributed by atoms with Gasteiger partial charge in [-0.15, -0.1) is 0 Å². The Kier molecular flexibility index (Phi) is 12.7. The summed E-state index contributed by atoms with van der Waals surface area (Å²) in [6.45, 7) is 11.2. The molecule has 2 N–H and O–H groups in total. The molecule has 53 heavy (non-hydrogen) atoms. The largest absolute Gasteiger partial charge is 0.493 e. The van der Waals surface area contributed by atoms with Gasteiger partial charge < -0.3 is 24.2 Å². The molecule has 1 aliphatic heterocycles. The minimum atomic E-state index is -0.202. The van der Waals surface area contributed by atoms with Crippen LogP contribution in [0.5, 0.6) is 17.2 Å². The van der Waals surface area contributed by atoms with E-state index in [0.717, 1.165) is 88.6 Å². The first-order chi connectivity index (χ1) is 25.7. The van der Waals surface area contributed by atoms with Crippen LogP contribution in [-0.2, 0) is 26.3 Å². The predicted molar refractivity (Wildman–Crippen MR) is 206 cm³/mol. The fraction of sp³-hybridized carbons (Fsp3) is 0.357. The molecule has 0 saturated carbocycles. The van der Waals surface area contributed by atoms with Crippen LogP contribution in [0.15, 0.2) is 73.1 Å². The minimum absolute atomic E-state index is 0.202. The maximum absolute atomic E-state index is 9.81. The zero-order valence-electron chi connectivity index (χ0n) is 30.9. The summed E-state index contributed by atoms with van der Waals surface area (Å²) >= 11 is 6.88. The third kappa shape index (κ3) is 9.95. The predicted octanol–water partition coefficient (Wildman–Crippen LogP) is 7.55. The molecule has 1 saturated heterocycles. The normalized spacial score (nSPS) is 14.4. The average molecular weight is 735 g/mol. The monoisotopic (exact) mass is 734 g/mol. The molecule has 0 bridgehead atoms. The Hall–Kier alpha value is -4.92. The second kappa shape index (κ2) is 17.7. The quantitative estimate of drug-likeness (QED) is 0.0991. The number of ether oxygens (including phenoxy) is 3. The maximum atomic E-state index is 9.81. The second-order valence-corrected chi connectivity index (χ2v) is 14.2. The highest BCUT2D eigenvalue weighted by molar-refractivity contribution is 6.32. The molecule has 5 aromatic rings. The van der Waals surface area contributed by atoms with Gasteiger partial charge in [0.25, 0.3) is 0 Å². The zero-order chi connectivity index (χ0) is 37.3. The van der Waals surface area contributed by atoms with Crippen LogP contribution in [0.25, 0.3) is 11.1 Å². The summed E-state index contributed by atoms with van der Waals surface area (Å²) in [6.07, 6.45) is 4.79. The van der Waals surface area contributed by atoms with Crippen LogP contribution in [-0.4, -0.2) is 69.5 Å². The highest BCUT2D eigenvalue weighted by atomic mass is 35.5. The van der Waals surface area contributed by atoms with Gasteiger partial charge in [0.15, 0.2) is 0 Å². The van der Waals surface area contributed by atoms with Gasteiger partial charge in [0.2, 0.25) is 0 Å². The number of benzene rings is 3. The number of hydrogen-bond acceptors (Lipinski definition) is 9. The first kappa shape index (κ1) is 37.8. The molecule has 11 heteroatoms. The number of aromatic amines is 1. The Morgan fingerprint density at radius 2 is 1.72 bits per heavy atom. The van der Waals surface area contributed by atoms with Crippen molar-refractivity contribution >= 4 is 11.6 Å². The lowest BCUT2D eigenvalue weighted by atomic mass is 9.93. The van der Waals surface area contributed by atoms with E-state index in [1.807, 2.05) is 44.3 Å². The van der Waals surface area contributed by atoms with Crippen molar-refractivity contribution < 1.29 is 19.3 Å². The lowest BCUT2D eigenvalue weighted by Gasteiger charge is -2.21. The van der Waals surface area contributed by atoms with Gasteiger partial charge in [0.05, 0.1) is 29.0 Å². The molecule has 0 unspecified atom stereocenters. The van der Waals surface area contributed by atoms with E-state index < -0.39 is 0 Å². The van der Waals surface area contributed by atoms with Crippen LogP contribution in [0.2, 0.25) is 5.02 Å². The fourth-order valence-electron chi connectivity index (χ4n) is 6.76. The van der Waals surface area contributed by atoms with E-state index in [1.54, 1.807) is 12.3 Å². The Morgan fingerprint density at radius 3 is 2.47 bits per heavy atom. The molecule has 1 atom stereocenters. The molecule has 0 amide bonds. The van der Waals surface area contributed by atoms with Crippen LogP contribution in [0, 0.1) is 32.1 Å². The maximum Gasteiger partial charge on any atom is 0.142 e. The Labute approximate surface area is 316 Å². The van der Waals surface area contributed by atoms with Crippen LogP contribution >= 0.6 is 11.6 Å². The molecule has 0 radical (unpaired) electrons. The molecule has 6 rings (SSSR count). The van der Waals surface area contributed by atoms with E-state index in [9.17, 15) is 10.4 Å². The average Bonchev–Trinajstić information content (AvgIpc) is 3.76.